The second-order valence-electron chi connectivity index (χ2n) is 4.78. The number of nitrogens with two attached hydrogens (primary N) is 1. The molecule has 1 aliphatic rings. The maximum Gasteiger partial charge on any atom is 0.271 e. The molecule has 17 heavy (non-hydrogen) atoms. The molecule has 1 aliphatic carbocycles. The van der Waals surface area contributed by atoms with Crippen LogP contribution in [-0.4, -0.2) is 22.4 Å². The van der Waals surface area contributed by atoms with Crippen molar-refractivity contribution in [3.8, 4) is 0 Å². The van der Waals surface area contributed by atoms with Crippen LogP contribution in [0.3, 0.4) is 0 Å². The third kappa shape index (κ3) is 2.71. The molecule has 0 aliphatic heterocycles. The van der Waals surface area contributed by atoms with Crippen LogP contribution in [0.25, 0.3) is 0 Å². The Bertz CT molecular complexity index is 399. The zero-order valence-electron chi connectivity index (χ0n) is 9.86. The van der Waals surface area contributed by atoms with Crippen LogP contribution in [0.15, 0.2) is 12.4 Å². The zero-order valence-corrected chi connectivity index (χ0v) is 9.86. The van der Waals surface area contributed by atoms with Gasteiger partial charge in [0.25, 0.3) is 5.91 Å². The summed E-state index contributed by atoms with van der Waals surface area (Å²) in [4.78, 5) is 19.7. The highest BCUT2D eigenvalue weighted by Crippen LogP contribution is 2.39. The maximum atomic E-state index is 11.8. The largest absolute Gasteiger partial charge is 0.350 e. The van der Waals surface area contributed by atoms with Crippen LogP contribution >= 0.6 is 0 Å². The van der Waals surface area contributed by atoms with E-state index in [-0.39, 0.29) is 11.3 Å². The van der Waals surface area contributed by atoms with Gasteiger partial charge < -0.3 is 10.7 Å². The molecule has 1 aromatic heterocycles. The fraction of sp³-hybridized carbons (Fsp3) is 0.545. The smallest absolute Gasteiger partial charge is 0.271 e. The van der Waals surface area contributed by atoms with Crippen molar-refractivity contribution in [1.82, 2.24) is 15.3 Å². The Hall–Kier alpha value is -1.69. The highest BCUT2D eigenvalue weighted by molar-refractivity contribution is 5.92. The van der Waals surface area contributed by atoms with Gasteiger partial charge in [-0.3, -0.25) is 4.79 Å². The van der Waals surface area contributed by atoms with E-state index in [2.05, 4.69) is 27.6 Å². The molecule has 0 saturated heterocycles. The number of amides is 1. The lowest BCUT2D eigenvalue weighted by molar-refractivity contribution is 0.0885. The van der Waals surface area contributed by atoms with Crippen molar-refractivity contribution in [1.29, 1.82) is 0 Å². The van der Waals surface area contributed by atoms with Gasteiger partial charge in [0.2, 0.25) is 0 Å². The van der Waals surface area contributed by atoms with E-state index in [9.17, 15) is 4.79 Å². The predicted octanol–water partition coefficient (Wildman–Crippen LogP) is 0.682. The first-order valence-corrected chi connectivity index (χ1v) is 5.70. The molecule has 0 unspecified atom stereocenters. The van der Waals surface area contributed by atoms with Crippen LogP contribution in [0.5, 0.6) is 0 Å². The number of nitrogens with zero attached hydrogens (tertiary/aromatic N) is 2. The first kappa shape index (κ1) is 11.8. The Balaban J connectivity index is 1.90. The van der Waals surface area contributed by atoms with Gasteiger partial charge in [0.1, 0.15) is 5.69 Å². The summed E-state index contributed by atoms with van der Waals surface area (Å²) in [7, 11) is 0. The number of nitrogens with one attached hydrogen (secondary N) is 2. The fourth-order valence-electron chi connectivity index (χ4n) is 1.86. The van der Waals surface area contributed by atoms with E-state index in [4.69, 9.17) is 5.84 Å². The van der Waals surface area contributed by atoms with E-state index in [1.807, 2.05) is 0 Å². The van der Waals surface area contributed by atoms with Crippen molar-refractivity contribution in [2.75, 3.05) is 12.0 Å². The normalized spacial score (nSPS) is 17.1. The number of nitrogen functional groups attached to an aromatic ring is 1. The summed E-state index contributed by atoms with van der Waals surface area (Å²) in [5.41, 5.74) is 2.94. The number of anilines is 1. The molecule has 6 nitrogen and oxygen atoms in total. The van der Waals surface area contributed by atoms with Gasteiger partial charge in [0.05, 0.1) is 12.4 Å². The Morgan fingerprint density at radius 2 is 2.24 bits per heavy atom. The van der Waals surface area contributed by atoms with Crippen molar-refractivity contribution in [2.45, 2.75) is 26.2 Å². The van der Waals surface area contributed by atoms with Crippen molar-refractivity contribution >= 4 is 11.7 Å². The summed E-state index contributed by atoms with van der Waals surface area (Å²) < 4.78 is 0. The average Bonchev–Trinajstić information content (AvgIpc) is 2.33. The van der Waals surface area contributed by atoms with Gasteiger partial charge >= 0.3 is 0 Å². The molecule has 1 amide bonds. The molecule has 2 rings (SSSR count). The quantitative estimate of drug-likeness (QED) is 0.527. The van der Waals surface area contributed by atoms with Crippen molar-refractivity contribution in [3.05, 3.63) is 18.1 Å². The van der Waals surface area contributed by atoms with Crippen LogP contribution in [0.2, 0.25) is 0 Å². The van der Waals surface area contributed by atoms with Crippen LogP contribution in [0, 0.1) is 5.41 Å². The van der Waals surface area contributed by atoms with Gasteiger partial charge in [0, 0.05) is 6.54 Å². The summed E-state index contributed by atoms with van der Waals surface area (Å²) in [6.07, 6.45) is 6.45. The van der Waals surface area contributed by atoms with Crippen LogP contribution < -0.4 is 16.6 Å². The lowest BCUT2D eigenvalue weighted by Crippen LogP contribution is -2.40. The van der Waals surface area contributed by atoms with Crippen molar-refractivity contribution in [3.63, 3.8) is 0 Å². The van der Waals surface area contributed by atoms with Gasteiger partial charge in [-0.15, -0.1) is 0 Å². The minimum absolute atomic E-state index is 0.186. The van der Waals surface area contributed by atoms with Gasteiger partial charge in [-0.1, -0.05) is 13.3 Å². The molecule has 0 spiro atoms. The number of carbonyl (C=O) groups is 1. The summed E-state index contributed by atoms with van der Waals surface area (Å²) in [6.45, 7) is 2.88. The lowest BCUT2D eigenvalue weighted by Gasteiger charge is -2.38. The van der Waals surface area contributed by atoms with Crippen molar-refractivity contribution < 1.29 is 4.79 Å². The second kappa shape index (κ2) is 4.67. The number of carbonyl (C=O) groups excluding carboxylic acids is 1. The minimum atomic E-state index is -0.186. The predicted molar refractivity (Wildman–Crippen MR) is 64.1 cm³/mol. The summed E-state index contributed by atoms with van der Waals surface area (Å²) in [5, 5.41) is 2.89. The topological polar surface area (TPSA) is 92.9 Å². The molecule has 0 radical (unpaired) electrons. The highest BCUT2D eigenvalue weighted by atomic mass is 16.1. The SMILES string of the molecule is CC1(CNC(=O)c2cnc(NN)cn2)CCC1. The number of hydrogen-bond donors (Lipinski definition) is 3. The van der Waals surface area contributed by atoms with E-state index in [0.717, 1.165) is 0 Å². The molecule has 6 heteroatoms. The summed E-state index contributed by atoms with van der Waals surface area (Å²) in [5.74, 6) is 5.42. The van der Waals surface area contributed by atoms with Gasteiger partial charge in [-0.2, -0.15) is 0 Å². The lowest BCUT2D eigenvalue weighted by atomic mass is 9.70. The Kier molecular flexibility index (Phi) is 3.23. The first-order valence-electron chi connectivity index (χ1n) is 5.70. The van der Waals surface area contributed by atoms with Gasteiger partial charge in [0.15, 0.2) is 5.82 Å². The fourth-order valence-corrected chi connectivity index (χ4v) is 1.86. The number of rotatable bonds is 4. The molecule has 1 aromatic rings. The van der Waals surface area contributed by atoms with E-state index in [1.54, 1.807) is 0 Å². The number of aromatic nitrogens is 2. The molecular formula is C11H17N5O. The number of hydrogen-bond acceptors (Lipinski definition) is 5. The third-order valence-corrected chi connectivity index (χ3v) is 3.27. The molecule has 0 atom stereocenters. The average molecular weight is 235 g/mol. The molecule has 4 N–H and O–H groups in total. The van der Waals surface area contributed by atoms with Crippen molar-refractivity contribution in [2.24, 2.45) is 11.3 Å². The van der Waals surface area contributed by atoms with Gasteiger partial charge in [-0.05, 0) is 18.3 Å². The molecule has 1 saturated carbocycles. The number of hydrazine groups is 1. The molecule has 0 bridgehead atoms. The Labute approximate surface area is 100.0 Å². The molecule has 1 heterocycles. The van der Waals surface area contributed by atoms with Gasteiger partial charge in [-0.25, -0.2) is 15.8 Å². The second-order valence-corrected chi connectivity index (χ2v) is 4.78. The molecule has 1 fully saturated rings. The van der Waals surface area contributed by atoms with Crippen LogP contribution in [-0.2, 0) is 0 Å². The Morgan fingerprint density at radius 1 is 1.47 bits per heavy atom. The van der Waals surface area contributed by atoms with E-state index in [1.165, 1.54) is 31.7 Å². The standard InChI is InChI=1S/C11H17N5O/c1-11(3-2-4-11)7-15-10(17)8-5-14-9(16-12)6-13-8/h5-6H,2-4,7,12H2,1H3,(H,14,16)(H,15,17). The Morgan fingerprint density at radius 3 is 2.71 bits per heavy atom. The monoisotopic (exact) mass is 235 g/mol. The summed E-state index contributed by atoms with van der Waals surface area (Å²) in [6, 6.07) is 0. The summed E-state index contributed by atoms with van der Waals surface area (Å²) >= 11 is 0. The maximum absolute atomic E-state index is 11.8. The van der Waals surface area contributed by atoms with Crippen LogP contribution in [0.4, 0.5) is 5.82 Å². The third-order valence-electron chi connectivity index (χ3n) is 3.27. The molecule has 0 aromatic carbocycles. The first-order chi connectivity index (χ1) is 8.13. The van der Waals surface area contributed by atoms with E-state index < -0.39 is 0 Å². The van der Waals surface area contributed by atoms with E-state index >= 15 is 0 Å². The zero-order chi connectivity index (χ0) is 12.3. The molecule has 92 valence electrons. The highest BCUT2D eigenvalue weighted by Gasteiger charge is 2.32. The van der Waals surface area contributed by atoms with Crippen LogP contribution in [0.1, 0.15) is 36.7 Å². The van der Waals surface area contributed by atoms with E-state index in [0.29, 0.717) is 18.1 Å². The minimum Gasteiger partial charge on any atom is -0.350 e. The molecular weight excluding hydrogens is 218 g/mol.